The molecule has 0 amide bonds. The fourth-order valence-electron chi connectivity index (χ4n) is 1.71. The molecule has 2 N–H and O–H groups in total. The van der Waals surface area contributed by atoms with E-state index in [-0.39, 0.29) is 11.1 Å². The van der Waals surface area contributed by atoms with Crippen LogP contribution >= 0.6 is 23.2 Å². The van der Waals surface area contributed by atoms with E-state index >= 15 is 0 Å². The summed E-state index contributed by atoms with van der Waals surface area (Å²) in [7, 11) is 0. The van der Waals surface area contributed by atoms with Crippen LogP contribution < -0.4 is 5.73 Å². The van der Waals surface area contributed by atoms with E-state index in [0.29, 0.717) is 5.02 Å². The Morgan fingerprint density at radius 3 is 2.39 bits per heavy atom. The summed E-state index contributed by atoms with van der Waals surface area (Å²) in [5, 5.41) is 0.664. The average molecular weight is 284 g/mol. The van der Waals surface area contributed by atoms with Crippen molar-refractivity contribution in [3.8, 4) is 11.1 Å². The number of halogens is 3. The van der Waals surface area contributed by atoms with Crippen molar-refractivity contribution in [1.29, 1.82) is 0 Å². The van der Waals surface area contributed by atoms with Gasteiger partial charge in [-0.05, 0) is 42.3 Å². The summed E-state index contributed by atoms with van der Waals surface area (Å²) in [6, 6.07) is 10.0. The summed E-state index contributed by atoms with van der Waals surface area (Å²) in [6.07, 6.45) is 0. The number of benzene rings is 2. The second-order valence-electron chi connectivity index (χ2n) is 4.16. The average Bonchev–Trinajstić information content (AvgIpc) is 2.33. The van der Waals surface area contributed by atoms with Gasteiger partial charge in [-0.25, -0.2) is 4.39 Å². The fourth-order valence-corrected chi connectivity index (χ4v) is 2.12. The van der Waals surface area contributed by atoms with E-state index in [1.165, 1.54) is 6.07 Å². The highest BCUT2D eigenvalue weighted by Crippen LogP contribution is 2.32. The van der Waals surface area contributed by atoms with Crippen LogP contribution in [0.4, 0.5) is 4.39 Å². The first kappa shape index (κ1) is 13.3. The molecular weight excluding hydrogens is 272 g/mol. The Bertz CT molecular complexity index is 582. The quantitative estimate of drug-likeness (QED) is 0.840. The summed E-state index contributed by atoms with van der Waals surface area (Å²) < 4.78 is 13.1. The molecule has 4 heteroatoms. The largest absolute Gasteiger partial charge is 0.324 e. The van der Waals surface area contributed by atoms with Gasteiger partial charge in [0.15, 0.2) is 0 Å². The zero-order valence-electron chi connectivity index (χ0n) is 9.75. The first-order chi connectivity index (χ1) is 8.49. The predicted molar refractivity (Wildman–Crippen MR) is 74.5 cm³/mol. The van der Waals surface area contributed by atoms with E-state index in [2.05, 4.69) is 0 Å². The molecule has 2 rings (SSSR count). The molecule has 0 heterocycles. The van der Waals surface area contributed by atoms with Crippen molar-refractivity contribution in [3.05, 3.63) is 57.8 Å². The maximum atomic E-state index is 13.1. The van der Waals surface area contributed by atoms with Gasteiger partial charge >= 0.3 is 0 Å². The number of hydrogen-bond acceptors (Lipinski definition) is 1. The van der Waals surface area contributed by atoms with Crippen LogP contribution in [0.15, 0.2) is 36.4 Å². The third-order valence-electron chi connectivity index (χ3n) is 2.75. The normalized spacial score (nSPS) is 12.5. The van der Waals surface area contributed by atoms with Crippen molar-refractivity contribution in [2.45, 2.75) is 13.0 Å². The van der Waals surface area contributed by atoms with E-state index in [9.17, 15) is 4.39 Å². The molecule has 0 aliphatic rings. The van der Waals surface area contributed by atoms with Crippen molar-refractivity contribution in [2.75, 3.05) is 0 Å². The minimum Gasteiger partial charge on any atom is -0.324 e. The lowest BCUT2D eigenvalue weighted by molar-refractivity contribution is 0.628. The fraction of sp³-hybridized carbons (Fsp3) is 0.143. The monoisotopic (exact) mass is 283 g/mol. The smallest absolute Gasteiger partial charge is 0.141 e. The lowest BCUT2D eigenvalue weighted by Crippen LogP contribution is -2.04. The van der Waals surface area contributed by atoms with Crippen LogP contribution in [-0.4, -0.2) is 0 Å². The Morgan fingerprint density at radius 2 is 1.78 bits per heavy atom. The van der Waals surface area contributed by atoms with Gasteiger partial charge in [0.2, 0.25) is 0 Å². The minimum absolute atomic E-state index is 0.0785. The van der Waals surface area contributed by atoms with Gasteiger partial charge in [-0.1, -0.05) is 35.3 Å². The molecule has 1 unspecified atom stereocenters. The third kappa shape index (κ3) is 2.66. The highest BCUT2D eigenvalue weighted by Gasteiger charge is 2.09. The topological polar surface area (TPSA) is 26.0 Å². The summed E-state index contributed by atoms with van der Waals surface area (Å²) in [5.74, 6) is -0.445. The van der Waals surface area contributed by atoms with E-state index < -0.39 is 5.82 Å². The van der Waals surface area contributed by atoms with E-state index in [4.69, 9.17) is 28.9 Å². The van der Waals surface area contributed by atoms with Gasteiger partial charge < -0.3 is 5.73 Å². The Balaban J connectivity index is 2.55. The number of rotatable bonds is 2. The standard InChI is InChI=1S/C14H12Cl2FN/c1-8(18)9-2-4-12(15)11(6-9)10-3-5-14(17)13(16)7-10/h2-8H,18H2,1H3. The highest BCUT2D eigenvalue weighted by molar-refractivity contribution is 6.33. The molecule has 0 aromatic heterocycles. The molecule has 0 spiro atoms. The van der Waals surface area contributed by atoms with Crippen molar-refractivity contribution >= 4 is 23.2 Å². The van der Waals surface area contributed by atoms with E-state index in [1.807, 2.05) is 19.1 Å². The molecule has 2 aromatic carbocycles. The van der Waals surface area contributed by atoms with Crippen molar-refractivity contribution in [1.82, 2.24) is 0 Å². The third-order valence-corrected chi connectivity index (χ3v) is 3.37. The summed E-state index contributed by atoms with van der Waals surface area (Å²) in [5.41, 5.74) is 8.37. The molecule has 0 radical (unpaired) electrons. The molecule has 0 saturated carbocycles. The SMILES string of the molecule is CC(N)c1ccc(Cl)c(-c2ccc(F)c(Cl)c2)c1. The van der Waals surface area contributed by atoms with Crippen LogP contribution in [0.25, 0.3) is 11.1 Å². The molecule has 0 aliphatic carbocycles. The molecule has 94 valence electrons. The van der Waals surface area contributed by atoms with Gasteiger partial charge in [0.25, 0.3) is 0 Å². The maximum Gasteiger partial charge on any atom is 0.141 e. The second kappa shape index (κ2) is 5.27. The molecule has 0 bridgehead atoms. The molecule has 1 nitrogen and oxygen atoms in total. The Morgan fingerprint density at radius 1 is 1.06 bits per heavy atom. The van der Waals surface area contributed by atoms with Crippen LogP contribution in [-0.2, 0) is 0 Å². The minimum atomic E-state index is -0.445. The van der Waals surface area contributed by atoms with Crippen molar-refractivity contribution in [2.24, 2.45) is 5.73 Å². The van der Waals surface area contributed by atoms with Crippen LogP contribution in [0.5, 0.6) is 0 Å². The molecule has 1 atom stereocenters. The number of hydrogen-bond donors (Lipinski definition) is 1. The molecular formula is C14H12Cl2FN. The van der Waals surface area contributed by atoms with Gasteiger partial charge in [-0.15, -0.1) is 0 Å². The van der Waals surface area contributed by atoms with Crippen molar-refractivity contribution in [3.63, 3.8) is 0 Å². The Hall–Kier alpha value is -1.09. The van der Waals surface area contributed by atoms with E-state index in [1.54, 1.807) is 18.2 Å². The summed E-state index contributed by atoms with van der Waals surface area (Å²) >= 11 is 11.9. The molecule has 18 heavy (non-hydrogen) atoms. The van der Waals surface area contributed by atoms with Crippen LogP contribution in [0.3, 0.4) is 0 Å². The first-order valence-corrected chi connectivity index (χ1v) is 6.25. The molecule has 0 aliphatic heterocycles. The van der Waals surface area contributed by atoms with Gasteiger partial charge in [0.05, 0.1) is 5.02 Å². The summed E-state index contributed by atoms with van der Waals surface area (Å²) in [6.45, 7) is 1.89. The Kier molecular flexibility index (Phi) is 3.91. The lowest BCUT2D eigenvalue weighted by Gasteiger charge is -2.11. The number of nitrogens with two attached hydrogens (primary N) is 1. The second-order valence-corrected chi connectivity index (χ2v) is 4.97. The maximum absolute atomic E-state index is 13.1. The van der Waals surface area contributed by atoms with Gasteiger partial charge in [-0.3, -0.25) is 0 Å². The zero-order chi connectivity index (χ0) is 13.3. The zero-order valence-corrected chi connectivity index (χ0v) is 11.3. The van der Waals surface area contributed by atoms with Crippen LogP contribution in [0.1, 0.15) is 18.5 Å². The van der Waals surface area contributed by atoms with Crippen molar-refractivity contribution < 1.29 is 4.39 Å². The highest BCUT2D eigenvalue weighted by atomic mass is 35.5. The summed E-state index contributed by atoms with van der Waals surface area (Å²) in [4.78, 5) is 0. The molecule has 0 fully saturated rings. The van der Waals surface area contributed by atoms with Gasteiger partial charge in [0, 0.05) is 16.6 Å². The van der Waals surface area contributed by atoms with Gasteiger partial charge in [0.1, 0.15) is 5.82 Å². The first-order valence-electron chi connectivity index (χ1n) is 5.49. The molecule has 2 aromatic rings. The molecule has 0 saturated heterocycles. The van der Waals surface area contributed by atoms with Crippen LogP contribution in [0.2, 0.25) is 10.0 Å². The lowest BCUT2D eigenvalue weighted by atomic mass is 10.0. The Labute approximate surface area is 115 Å². The van der Waals surface area contributed by atoms with Crippen LogP contribution in [0, 0.1) is 5.82 Å². The predicted octanol–water partition coefficient (Wildman–Crippen LogP) is 4.82. The van der Waals surface area contributed by atoms with E-state index in [0.717, 1.165) is 16.7 Å². The van der Waals surface area contributed by atoms with Gasteiger partial charge in [-0.2, -0.15) is 0 Å².